The van der Waals surface area contributed by atoms with Crippen molar-refractivity contribution in [3.8, 4) is 0 Å². The van der Waals surface area contributed by atoms with Crippen LogP contribution in [0.15, 0.2) is 0 Å². The molecule has 0 heterocycles. The first-order valence-corrected chi connectivity index (χ1v) is 9.57. The molecular weight excluding hydrogens is 287 g/mol. The standard InChI is InChI=1S/C18H38S.K/c1-2-3-4-5-6-7-8-9-10-11-12-13-14-15-16-17-18-19;/h19H,2-18H2,1H3;/q;+1/p-1. The van der Waals surface area contributed by atoms with Crippen molar-refractivity contribution in [3.05, 3.63) is 0 Å². The van der Waals surface area contributed by atoms with E-state index < -0.39 is 0 Å². The Hall–Kier alpha value is 1.99. The van der Waals surface area contributed by atoms with Crippen LogP contribution in [0.5, 0.6) is 0 Å². The van der Waals surface area contributed by atoms with Crippen LogP contribution in [0, 0.1) is 0 Å². The predicted molar refractivity (Wildman–Crippen MR) is 91.8 cm³/mol. The zero-order valence-electron chi connectivity index (χ0n) is 14.4. The average molecular weight is 325 g/mol. The van der Waals surface area contributed by atoms with E-state index in [4.69, 9.17) is 12.6 Å². The van der Waals surface area contributed by atoms with Crippen LogP contribution in [0.2, 0.25) is 0 Å². The Kier molecular flexibility index (Phi) is 28.2. The maximum absolute atomic E-state index is 4.95. The van der Waals surface area contributed by atoms with Crippen LogP contribution in [0.3, 0.4) is 0 Å². The Labute approximate surface area is 177 Å². The number of hydrogen-bond donors (Lipinski definition) is 0. The fraction of sp³-hybridized carbons (Fsp3) is 1.00. The Balaban J connectivity index is 0. The zero-order valence-corrected chi connectivity index (χ0v) is 18.4. The third-order valence-corrected chi connectivity index (χ3v) is 4.29. The monoisotopic (exact) mass is 324 g/mol. The summed E-state index contributed by atoms with van der Waals surface area (Å²) < 4.78 is 0. The van der Waals surface area contributed by atoms with Crippen LogP contribution in [0.1, 0.15) is 110 Å². The first-order valence-electron chi connectivity index (χ1n) is 9.00. The molecular formula is C18H37KS. The molecule has 0 saturated carbocycles. The fourth-order valence-corrected chi connectivity index (χ4v) is 2.85. The predicted octanol–water partition coefficient (Wildman–Crippen LogP) is 3.80. The van der Waals surface area contributed by atoms with Gasteiger partial charge >= 0.3 is 51.4 Å². The van der Waals surface area contributed by atoms with Gasteiger partial charge in [-0.05, 0) is 0 Å². The largest absolute Gasteiger partial charge is 1.00 e. The first kappa shape index (κ1) is 24.2. The third kappa shape index (κ3) is 22.3. The van der Waals surface area contributed by atoms with E-state index in [0.29, 0.717) is 0 Å². The van der Waals surface area contributed by atoms with Crippen molar-refractivity contribution in [1.82, 2.24) is 0 Å². The molecule has 0 fully saturated rings. The van der Waals surface area contributed by atoms with Gasteiger partial charge in [-0.25, -0.2) is 0 Å². The zero-order chi connectivity index (χ0) is 14.0. The van der Waals surface area contributed by atoms with Gasteiger partial charge in [0.25, 0.3) is 0 Å². The van der Waals surface area contributed by atoms with Crippen LogP contribution in [-0.2, 0) is 12.6 Å². The average Bonchev–Trinajstić information content (AvgIpc) is 2.43. The van der Waals surface area contributed by atoms with Gasteiger partial charge in [0.05, 0.1) is 0 Å². The first-order chi connectivity index (χ1) is 9.41. The van der Waals surface area contributed by atoms with Gasteiger partial charge < -0.3 is 12.6 Å². The van der Waals surface area contributed by atoms with E-state index in [9.17, 15) is 0 Å². The second-order valence-corrected chi connectivity index (χ2v) is 6.42. The normalized spacial score (nSPS) is 10.5. The van der Waals surface area contributed by atoms with Gasteiger partial charge in [-0.1, -0.05) is 110 Å². The summed E-state index contributed by atoms with van der Waals surface area (Å²) >= 11 is 4.95. The minimum Gasteiger partial charge on any atom is -0.793 e. The second kappa shape index (κ2) is 23.3. The summed E-state index contributed by atoms with van der Waals surface area (Å²) in [6.45, 7) is 2.29. The molecule has 0 nitrogen and oxygen atoms in total. The number of hydrogen-bond acceptors (Lipinski definition) is 1. The van der Waals surface area contributed by atoms with Crippen molar-refractivity contribution in [1.29, 1.82) is 0 Å². The molecule has 0 amide bonds. The van der Waals surface area contributed by atoms with E-state index in [1.807, 2.05) is 0 Å². The minimum absolute atomic E-state index is 0. The maximum Gasteiger partial charge on any atom is 1.00 e. The molecule has 0 atom stereocenters. The van der Waals surface area contributed by atoms with Gasteiger partial charge in [0, 0.05) is 0 Å². The van der Waals surface area contributed by atoms with E-state index in [1.165, 1.54) is 103 Å². The molecule has 0 saturated heterocycles. The molecule has 2 heteroatoms. The third-order valence-electron chi connectivity index (χ3n) is 4.00. The summed E-state index contributed by atoms with van der Waals surface area (Å²) in [6, 6.07) is 0. The van der Waals surface area contributed by atoms with Gasteiger partial charge in [-0.2, -0.15) is 5.75 Å². The minimum atomic E-state index is 0. The summed E-state index contributed by atoms with van der Waals surface area (Å²) in [5.41, 5.74) is 0. The topological polar surface area (TPSA) is 0 Å². The molecule has 0 aromatic carbocycles. The molecule has 0 spiro atoms. The maximum atomic E-state index is 4.95. The van der Waals surface area contributed by atoms with E-state index >= 15 is 0 Å². The van der Waals surface area contributed by atoms with Crippen molar-refractivity contribution in [2.45, 2.75) is 110 Å². The number of unbranched alkanes of at least 4 members (excludes halogenated alkanes) is 15. The van der Waals surface area contributed by atoms with E-state index in [0.717, 1.165) is 5.75 Å². The van der Waals surface area contributed by atoms with E-state index in [-0.39, 0.29) is 51.4 Å². The SMILES string of the molecule is CCCCCCCCCCCCCCCCCC[S-].[K+]. The summed E-state index contributed by atoms with van der Waals surface area (Å²) in [5.74, 6) is 0.957. The van der Waals surface area contributed by atoms with Crippen molar-refractivity contribution >= 4 is 12.6 Å². The van der Waals surface area contributed by atoms with Crippen LogP contribution in [-0.4, -0.2) is 5.75 Å². The number of rotatable bonds is 16. The van der Waals surface area contributed by atoms with Crippen LogP contribution in [0.25, 0.3) is 0 Å². The van der Waals surface area contributed by atoms with Crippen LogP contribution in [0.4, 0.5) is 0 Å². The molecule has 0 rings (SSSR count). The van der Waals surface area contributed by atoms with Crippen LogP contribution >= 0.6 is 0 Å². The molecule has 116 valence electrons. The molecule has 0 unspecified atom stereocenters. The molecule has 20 heavy (non-hydrogen) atoms. The quantitative estimate of drug-likeness (QED) is 0.236. The van der Waals surface area contributed by atoms with Gasteiger partial charge in [0.2, 0.25) is 0 Å². The van der Waals surface area contributed by atoms with Gasteiger partial charge in [-0.15, -0.1) is 0 Å². The second-order valence-electron chi connectivity index (χ2n) is 6.01. The summed E-state index contributed by atoms with van der Waals surface area (Å²) in [7, 11) is 0. The van der Waals surface area contributed by atoms with E-state index in [2.05, 4.69) is 6.92 Å². The molecule has 0 bridgehead atoms. The Bertz CT molecular complexity index is 134. The molecule has 0 aliphatic rings. The fourth-order valence-electron chi connectivity index (χ4n) is 2.65. The Morgan fingerprint density at radius 2 is 0.700 bits per heavy atom. The Morgan fingerprint density at radius 1 is 0.450 bits per heavy atom. The molecule has 0 N–H and O–H groups in total. The molecule has 0 aliphatic carbocycles. The van der Waals surface area contributed by atoms with Crippen LogP contribution < -0.4 is 51.4 Å². The van der Waals surface area contributed by atoms with Gasteiger partial charge in [-0.3, -0.25) is 0 Å². The van der Waals surface area contributed by atoms with Crippen molar-refractivity contribution in [2.75, 3.05) is 5.75 Å². The van der Waals surface area contributed by atoms with Gasteiger partial charge in [0.15, 0.2) is 0 Å². The van der Waals surface area contributed by atoms with Crippen molar-refractivity contribution in [3.63, 3.8) is 0 Å². The smallest absolute Gasteiger partial charge is 0.793 e. The molecule has 0 aromatic heterocycles. The Morgan fingerprint density at radius 3 is 0.950 bits per heavy atom. The van der Waals surface area contributed by atoms with Gasteiger partial charge in [0.1, 0.15) is 0 Å². The van der Waals surface area contributed by atoms with Crippen molar-refractivity contribution < 1.29 is 51.4 Å². The summed E-state index contributed by atoms with van der Waals surface area (Å²) in [5, 5.41) is 0. The molecule has 0 aliphatic heterocycles. The molecule has 0 aromatic rings. The molecule has 0 radical (unpaired) electrons. The summed E-state index contributed by atoms with van der Waals surface area (Å²) in [6.07, 6.45) is 23.0. The van der Waals surface area contributed by atoms with E-state index in [1.54, 1.807) is 0 Å². The van der Waals surface area contributed by atoms with Crippen molar-refractivity contribution in [2.24, 2.45) is 0 Å². The summed E-state index contributed by atoms with van der Waals surface area (Å²) in [4.78, 5) is 0.